The third kappa shape index (κ3) is 5.89. The minimum Gasteiger partial charge on any atom is -0.494 e. The number of hydrogen-bond donors (Lipinski definition) is 0. The van der Waals surface area contributed by atoms with Gasteiger partial charge in [0.1, 0.15) is 12.4 Å². The van der Waals surface area contributed by atoms with E-state index in [2.05, 4.69) is 4.74 Å². The van der Waals surface area contributed by atoms with Crippen LogP contribution in [0.25, 0.3) is 21.2 Å². The lowest BCUT2D eigenvalue weighted by Gasteiger charge is -2.13. The highest BCUT2D eigenvalue weighted by molar-refractivity contribution is 14.1. The van der Waals surface area contributed by atoms with Crippen molar-refractivity contribution in [3.63, 3.8) is 0 Å². The van der Waals surface area contributed by atoms with Gasteiger partial charge in [-0.05, 0) is 88.0 Å². The van der Waals surface area contributed by atoms with E-state index in [0.717, 1.165) is 32.5 Å². The largest absolute Gasteiger partial charge is 0.573 e. The quantitative estimate of drug-likeness (QED) is 0.161. The van der Waals surface area contributed by atoms with Crippen LogP contribution >= 0.6 is 33.9 Å². The van der Waals surface area contributed by atoms with Crippen LogP contribution in [0.15, 0.2) is 60.7 Å². The van der Waals surface area contributed by atoms with E-state index < -0.39 is 17.9 Å². The van der Waals surface area contributed by atoms with Crippen molar-refractivity contribution in [1.29, 1.82) is 0 Å². The second kappa shape index (κ2) is 9.76. The summed E-state index contributed by atoms with van der Waals surface area (Å²) in [7, 11) is 0. The molecular weight excluding hydrogens is 571 g/mol. The first-order valence-electron chi connectivity index (χ1n) is 9.85. The second-order valence-corrected chi connectivity index (χ2v) is 9.21. The summed E-state index contributed by atoms with van der Waals surface area (Å²) in [6.07, 6.45) is -4.95. The van der Waals surface area contributed by atoms with Crippen LogP contribution in [0.5, 0.6) is 16.6 Å². The van der Waals surface area contributed by atoms with Crippen molar-refractivity contribution in [2.24, 2.45) is 0 Å². The molecule has 1 aromatic heterocycles. The zero-order chi connectivity index (χ0) is 23.6. The number of thiophene rings is 1. The van der Waals surface area contributed by atoms with Gasteiger partial charge in [0.25, 0.3) is 0 Å². The SMILES string of the molecule is CCOc1ccc2cc(OCc3ccc(-c4cc(F)c(OC(F)(F)F)c(I)c4)cc3)sc2c1. The summed E-state index contributed by atoms with van der Waals surface area (Å²) in [4.78, 5) is 0. The van der Waals surface area contributed by atoms with Gasteiger partial charge in [0.2, 0.25) is 0 Å². The summed E-state index contributed by atoms with van der Waals surface area (Å²) in [5.41, 5.74) is 2.02. The predicted molar refractivity (Wildman–Crippen MR) is 129 cm³/mol. The third-order valence-electron chi connectivity index (χ3n) is 4.66. The van der Waals surface area contributed by atoms with Gasteiger partial charge >= 0.3 is 6.36 Å². The normalized spacial score (nSPS) is 11.6. The molecule has 0 spiro atoms. The average molecular weight is 588 g/mol. The first-order valence-corrected chi connectivity index (χ1v) is 11.7. The topological polar surface area (TPSA) is 27.7 Å². The summed E-state index contributed by atoms with van der Waals surface area (Å²) in [6, 6.07) is 17.6. The molecule has 0 saturated carbocycles. The van der Waals surface area contributed by atoms with E-state index in [4.69, 9.17) is 9.47 Å². The van der Waals surface area contributed by atoms with Gasteiger partial charge in [-0.2, -0.15) is 0 Å². The van der Waals surface area contributed by atoms with Gasteiger partial charge in [0, 0.05) is 4.70 Å². The second-order valence-electron chi connectivity index (χ2n) is 7.00. The van der Waals surface area contributed by atoms with Gasteiger partial charge in [-0.1, -0.05) is 35.6 Å². The Bertz CT molecular complexity index is 1250. The minimum absolute atomic E-state index is 0.0320. The zero-order valence-electron chi connectivity index (χ0n) is 17.2. The van der Waals surface area contributed by atoms with Crippen LogP contribution in [0.2, 0.25) is 0 Å². The van der Waals surface area contributed by atoms with E-state index in [1.165, 1.54) is 17.4 Å². The molecule has 0 bridgehead atoms. The molecule has 172 valence electrons. The summed E-state index contributed by atoms with van der Waals surface area (Å²) < 4.78 is 67.9. The highest BCUT2D eigenvalue weighted by atomic mass is 127. The van der Waals surface area contributed by atoms with Crippen molar-refractivity contribution in [2.75, 3.05) is 6.61 Å². The van der Waals surface area contributed by atoms with Crippen LogP contribution in [-0.4, -0.2) is 13.0 Å². The Morgan fingerprint density at radius 1 is 0.909 bits per heavy atom. The lowest BCUT2D eigenvalue weighted by molar-refractivity contribution is -0.275. The predicted octanol–water partition coefficient (Wildman–Crippen LogP) is 8.19. The van der Waals surface area contributed by atoms with E-state index in [1.54, 1.807) is 34.7 Å². The first kappa shape index (κ1) is 23.6. The molecule has 0 saturated heterocycles. The summed E-state index contributed by atoms with van der Waals surface area (Å²) in [6.45, 7) is 2.89. The lowest BCUT2D eigenvalue weighted by atomic mass is 10.0. The molecule has 0 radical (unpaired) electrons. The fourth-order valence-electron chi connectivity index (χ4n) is 3.20. The van der Waals surface area contributed by atoms with Crippen molar-refractivity contribution < 1.29 is 31.8 Å². The maximum absolute atomic E-state index is 14.2. The van der Waals surface area contributed by atoms with Crippen molar-refractivity contribution in [3.8, 4) is 27.7 Å². The van der Waals surface area contributed by atoms with E-state index >= 15 is 0 Å². The van der Waals surface area contributed by atoms with Crippen LogP contribution in [-0.2, 0) is 6.61 Å². The summed E-state index contributed by atoms with van der Waals surface area (Å²) in [5, 5.41) is 1.85. The highest BCUT2D eigenvalue weighted by Crippen LogP contribution is 2.36. The maximum Gasteiger partial charge on any atom is 0.573 e. The van der Waals surface area contributed by atoms with E-state index in [1.807, 2.05) is 43.3 Å². The number of hydrogen-bond acceptors (Lipinski definition) is 4. The molecule has 0 aliphatic heterocycles. The number of rotatable bonds is 7. The summed E-state index contributed by atoms with van der Waals surface area (Å²) in [5.74, 6) is -1.08. The number of ether oxygens (including phenoxy) is 3. The average Bonchev–Trinajstić information content (AvgIpc) is 3.17. The van der Waals surface area contributed by atoms with Crippen LogP contribution in [0, 0.1) is 9.39 Å². The van der Waals surface area contributed by atoms with Gasteiger partial charge in [-0.25, -0.2) is 4.39 Å². The number of halogens is 5. The number of fused-ring (bicyclic) bond motifs is 1. The molecule has 0 aliphatic carbocycles. The Labute approximate surface area is 205 Å². The molecule has 33 heavy (non-hydrogen) atoms. The Morgan fingerprint density at radius 3 is 2.33 bits per heavy atom. The molecule has 9 heteroatoms. The lowest BCUT2D eigenvalue weighted by Crippen LogP contribution is -2.18. The zero-order valence-corrected chi connectivity index (χ0v) is 20.2. The standard InChI is InChI=1S/C24H17F4IO3S/c1-2-30-18-8-7-16-11-22(33-21(16)12-18)31-13-14-3-5-15(6-4-14)17-9-19(25)23(20(29)10-17)32-24(26,27)28/h3-12H,2,13H2,1H3. The first-order chi connectivity index (χ1) is 15.7. The van der Waals surface area contributed by atoms with Crippen molar-refractivity contribution >= 4 is 44.0 Å². The van der Waals surface area contributed by atoms with Crippen LogP contribution in [0.4, 0.5) is 17.6 Å². The number of alkyl halides is 3. The monoisotopic (exact) mass is 588 g/mol. The van der Waals surface area contributed by atoms with E-state index in [0.29, 0.717) is 24.3 Å². The molecule has 0 N–H and O–H groups in total. The Morgan fingerprint density at radius 2 is 1.67 bits per heavy atom. The van der Waals surface area contributed by atoms with Gasteiger partial charge in [0.05, 0.1) is 10.2 Å². The van der Waals surface area contributed by atoms with Gasteiger partial charge in [-0.3, -0.25) is 0 Å². The summed E-state index contributed by atoms with van der Waals surface area (Å²) >= 11 is 3.15. The van der Waals surface area contributed by atoms with E-state index in [-0.39, 0.29) is 3.57 Å². The molecule has 3 aromatic carbocycles. The van der Waals surface area contributed by atoms with Crippen molar-refractivity contribution in [2.45, 2.75) is 19.9 Å². The van der Waals surface area contributed by atoms with Crippen molar-refractivity contribution in [1.82, 2.24) is 0 Å². The molecule has 4 aromatic rings. The fraction of sp³-hybridized carbons (Fsp3) is 0.167. The van der Waals surface area contributed by atoms with Crippen molar-refractivity contribution in [3.05, 3.63) is 75.6 Å². The highest BCUT2D eigenvalue weighted by Gasteiger charge is 2.33. The Kier molecular flexibility index (Phi) is 6.99. The molecule has 0 atom stereocenters. The molecule has 0 fully saturated rings. The molecule has 4 rings (SSSR count). The van der Waals surface area contributed by atoms with Gasteiger partial charge < -0.3 is 14.2 Å². The molecule has 0 amide bonds. The van der Waals surface area contributed by atoms with Gasteiger partial charge in [-0.15, -0.1) is 13.2 Å². The van der Waals surface area contributed by atoms with Crippen LogP contribution in [0.3, 0.4) is 0 Å². The number of benzene rings is 3. The van der Waals surface area contributed by atoms with Gasteiger partial charge in [0.15, 0.2) is 16.6 Å². The fourth-order valence-corrected chi connectivity index (χ4v) is 4.85. The smallest absolute Gasteiger partial charge is 0.494 e. The van der Waals surface area contributed by atoms with Crippen LogP contribution < -0.4 is 14.2 Å². The van der Waals surface area contributed by atoms with E-state index in [9.17, 15) is 17.6 Å². The molecular formula is C24H17F4IO3S. The Hall–Kier alpha value is -2.53. The maximum atomic E-state index is 14.2. The minimum atomic E-state index is -4.95. The Balaban J connectivity index is 1.45. The third-order valence-corrected chi connectivity index (χ3v) is 6.48. The molecule has 1 heterocycles. The molecule has 0 unspecified atom stereocenters. The van der Waals surface area contributed by atoms with Crippen LogP contribution in [0.1, 0.15) is 12.5 Å². The molecule has 3 nitrogen and oxygen atoms in total. The molecule has 0 aliphatic rings.